The summed E-state index contributed by atoms with van der Waals surface area (Å²) in [4.78, 5) is 19.9. The fourth-order valence-corrected chi connectivity index (χ4v) is 5.80. The van der Waals surface area contributed by atoms with Crippen molar-refractivity contribution in [2.75, 3.05) is 50.8 Å². The molecule has 190 valence electrons. The van der Waals surface area contributed by atoms with Crippen LogP contribution in [0.2, 0.25) is 0 Å². The number of anilines is 1. The number of hydrogen-bond donors (Lipinski definition) is 0. The quantitative estimate of drug-likeness (QED) is 0.384. The monoisotopic (exact) mass is 541 g/mol. The largest absolute Gasteiger partial charge is 0.494 e. The third kappa shape index (κ3) is 6.79. The molecule has 2 heterocycles. The van der Waals surface area contributed by atoms with Crippen LogP contribution < -0.4 is 9.64 Å². The molecule has 2 fully saturated rings. The van der Waals surface area contributed by atoms with Crippen LogP contribution in [0.1, 0.15) is 55.5 Å². The lowest BCUT2D eigenvalue weighted by atomic mass is 9.91. The molecule has 2 atom stereocenters. The van der Waals surface area contributed by atoms with Gasteiger partial charge in [-0.05, 0) is 87.1 Å². The highest BCUT2D eigenvalue weighted by atomic mass is 79.9. The third-order valence-corrected chi connectivity index (χ3v) is 8.23. The SMILES string of the molecule is CCC1CCC(C)N(CCCOc2ccc(N3CCN(C(=O)c4ccc(Br)cc4C)CC3)cc2)C1. The number of carbonyl (C=O) groups excluding carboxylic acids is 1. The zero-order chi connectivity index (χ0) is 24.8. The van der Waals surface area contributed by atoms with E-state index in [1.54, 1.807) is 0 Å². The molecule has 2 aromatic carbocycles. The Hall–Kier alpha value is -2.05. The lowest BCUT2D eigenvalue weighted by Crippen LogP contribution is -2.48. The van der Waals surface area contributed by atoms with Crippen molar-refractivity contribution in [3.05, 3.63) is 58.1 Å². The van der Waals surface area contributed by atoms with Crippen LogP contribution in [0.3, 0.4) is 0 Å². The van der Waals surface area contributed by atoms with Crippen molar-refractivity contribution >= 4 is 27.5 Å². The van der Waals surface area contributed by atoms with E-state index in [1.165, 1.54) is 31.5 Å². The van der Waals surface area contributed by atoms with Crippen molar-refractivity contribution in [2.24, 2.45) is 5.92 Å². The van der Waals surface area contributed by atoms with Crippen LogP contribution in [0, 0.1) is 12.8 Å². The van der Waals surface area contributed by atoms with Crippen molar-refractivity contribution in [1.82, 2.24) is 9.80 Å². The predicted molar refractivity (Wildman–Crippen MR) is 148 cm³/mol. The minimum Gasteiger partial charge on any atom is -0.494 e. The molecule has 2 aromatic rings. The van der Waals surface area contributed by atoms with Crippen molar-refractivity contribution < 1.29 is 9.53 Å². The molecule has 0 aliphatic carbocycles. The maximum Gasteiger partial charge on any atom is 0.254 e. The van der Waals surface area contributed by atoms with Gasteiger partial charge in [0.1, 0.15) is 5.75 Å². The zero-order valence-corrected chi connectivity index (χ0v) is 23.1. The van der Waals surface area contributed by atoms with E-state index in [4.69, 9.17) is 4.74 Å². The molecular formula is C29H40BrN3O2. The normalized spacial score (nSPS) is 21.3. The van der Waals surface area contributed by atoms with Gasteiger partial charge in [0.2, 0.25) is 0 Å². The summed E-state index contributed by atoms with van der Waals surface area (Å²) in [7, 11) is 0. The number of rotatable bonds is 8. The summed E-state index contributed by atoms with van der Waals surface area (Å²) in [5, 5.41) is 0. The number of piperazine rings is 1. The number of likely N-dealkylation sites (tertiary alicyclic amines) is 1. The molecule has 0 spiro atoms. The van der Waals surface area contributed by atoms with Crippen molar-refractivity contribution in [3.63, 3.8) is 0 Å². The molecule has 0 saturated carbocycles. The van der Waals surface area contributed by atoms with E-state index >= 15 is 0 Å². The van der Waals surface area contributed by atoms with Gasteiger partial charge in [-0.2, -0.15) is 0 Å². The zero-order valence-electron chi connectivity index (χ0n) is 21.5. The summed E-state index contributed by atoms with van der Waals surface area (Å²) in [6.07, 6.45) is 5.07. The average Bonchev–Trinajstić information content (AvgIpc) is 2.88. The number of amides is 1. The van der Waals surface area contributed by atoms with Crippen LogP contribution in [-0.4, -0.2) is 67.6 Å². The second-order valence-electron chi connectivity index (χ2n) is 10.1. The Labute approximate surface area is 219 Å². The van der Waals surface area contributed by atoms with Gasteiger partial charge < -0.3 is 19.4 Å². The summed E-state index contributed by atoms with van der Waals surface area (Å²) in [6.45, 7) is 13.0. The Kier molecular flexibility index (Phi) is 9.12. The molecule has 2 aliphatic heterocycles. The number of benzene rings is 2. The maximum atomic E-state index is 13.0. The Bertz CT molecular complexity index is 972. The van der Waals surface area contributed by atoms with Gasteiger partial charge in [0, 0.05) is 61.0 Å². The van der Waals surface area contributed by atoms with Gasteiger partial charge in [0.05, 0.1) is 6.61 Å². The number of hydrogen-bond acceptors (Lipinski definition) is 4. The van der Waals surface area contributed by atoms with Crippen molar-refractivity contribution in [3.8, 4) is 5.75 Å². The number of nitrogens with zero attached hydrogens (tertiary/aromatic N) is 3. The van der Waals surface area contributed by atoms with Gasteiger partial charge in [-0.25, -0.2) is 0 Å². The topological polar surface area (TPSA) is 36.0 Å². The Morgan fingerprint density at radius 1 is 1.06 bits per heavy atom. The molecule has 2 aliphatic rings. The van der Waals surface area contributed by atoms with Crippen LogP contribution in [0.15, 0.2) is 46.9 Å². The highest BCUT2D eigenvalue weighted by Crippen LogP contribution is 2.25. The Balaban J connectivity index is 1.20. The lowest BCUT2D eigenvalue weighted by Gasteiger charge is -2.37. The second-order valence-corrected chi connectivity index (χ2v) is 11.0. The number of ether oxygens (including phenoxy) is 1. The van der Waals surface area contributed by atoms with Gasteiger partial charge >= 0.3 is 0 Å². The number of halogens is 1. The van der Waals surface area contributed by atoms with Crippen molar-refractivity contribution in [1.29, 1.82) is 0 Å². The Morgan fingerprint density at radius 2 is 1.80 bits per heavy atom. The van der Waals surface area contributed by atoms with E-state index in [0.29, 0.717) is 6.04 Å². The molecule has 4 rings (SSSR count). The average molecular weight is 543 g/mol. The first-order chi connectivity index (χ1) is 16.9. The van der Waals surface area contributed by atoms with Gasteiger partial charge in [0.15, 0.2) is 0 Å². The molecule has 1 amide bonds. The van der Waals surface area contributed by atoms with Crippen LogP contribution in [0.4, 0.5) is 5.69 Å². The minimum atomic E-state index is 0.127. The molecule has 35 heavy (non-hydrogen) atoms. The first-order valence-corrected chi connectivity index (χ1v) is 14.0. The van der Waals surface area contributed by atoms with Crippen LogP contribution >= 0.6 is 15.9 Å². The molecule has 2 saturated heterocycles. The molecule has 0 radical (unpaired) electrons. The van der Waals surface area contributed by atoms with E-state index < -0.39 is 0 Å². The van der Waals surface area contributed by atoms with E-state index in [-0.39, 0.29) is 5.91 Å². The maximum absolute atomic E-state index is 13.0. The molecule has 5 nitrogen and oxygen atoms in total. The van der Waals surface area contributed by atoms with E-state index in [1.807, 2.05) is 30.0 Å². The third-order valence-electron chi connectivity index (χ3n) is 7.73. The first kappa shape index (κ1) is 26.0. The fraction of sp³-hybridized carbons (Fsp3) is 0.552. The van der Waals surface area contributed by atoms with Crippen LogP contribution in [-0.2, 0) is 0 Å². The summed E-state index contributed by atoms with van der Waals surface area (Å²) in [5.41, 5.74) is 3.00. The summed E-state index contributed by atoms with van der Waals surface area (Å²) >= 11 is 3.48. The molecule has 0 bridgehead atoms. The molecule has 0 N–H and O–H groups in total. The summed E-state index contributed by atoms with van der Waals surface area (Å²) in [5.74, 6) is 1.93. The number of piperidine rings is 1. The van der Waals surface area contributed by atoms with Gasteiger partial charge in [-0.1, -0.05) is 29.3 Å². The Morgan fingerprint density at radius 3 is 2.49 bits per heavy atom. The van der Waals surface area contributed by atoms with E-state index in [0.717, 1.165) is 73.0 Å². The lowest BCUT2D eigenvalue weighted by molar-refractivity contribution is 0.0746. The predicted octanol–water partition coefficient (Wildman–Crippen LogP) is 6.00. The second kappa shape index (κ2) is 12.3. The number of carbonyl (C=O) groups is 1. The van der Waals surface area contributed by atoms with Crippen molar-refractivity contribution in [2.45, 2.75) is 52.5 Å². The fourth-order valence-electron chi connectivity index (χ4n) is 5.32. The molecule has 0 aromatic heterocycles. The van der Waals surface area contributed by atoms with E-state index in [9.17, 15) is 4.79 Å². The standard InChI is InChI=1S/C29H40BrN3O2/c1-4-24-7-6-23(3)33(21-24)14-5-19-35-27-11-9-26(10-12-27)31-15-17-32(18-16-31)29(34)28-13-8-25(30)20-22(28)2/h8-13,20,23-24H,4-7,14-19,21H2,1-3H3. The summed E-state index contributed by atoms with van der Waals surface area (Å²) < 4.78 is 7.05. The van der Waals surface area contributed by atoms with Gasteiger partial charge in [-0.15, -0.1) is 0 Å². The van der Waals surface area contributed by atoms with Gasteiger partial charge in [-0.3, -0.25) is 4.79 Å². The molecule has 6 heteroatoms. The smallest absolute Gasteiger partial charge is 0.254 e. The molecule has 2 unspecified atom stereocenters. The number of aryl methyl sites for hydroxylation is 1. The van der Waals surface area contributed by atoms with E-state index in [2.05, 4.69) is 63.8 Å². The summed E-state index contributed by atoms with van der Waals surface area (Å²) in [6, 6.07) is 15.0. The minimum absolute atomic E-state index is 0.127. The van der Waals surface area contributed by atoms with Gasteiger partial charge in [0.25, 0.3) is 5.91 Å². The van der Waals surface area contributed by atoms with Crippen LogP contribution in [0.25, 0.3) is 0 Å². The van der Waals surface area contributed by atoms with Crippen LogP contribution in [0.5, 0.6) is 5.75 Å². The highest BCUT2D eigenvalue weighted by molar-refractivity contribution is 9.10. The highest BCUT2D eigenvalue weighted by Gasteiger charge is 2.24. The first-order valence-electron chi connectivity index (χ1n) is 13.2. The molecular weight excluding hydrogens is 502 g/mol.